The fraction of sp³-hybridized carbons (Fsp3) is 0.667. The Morgan fingerprint density at radius 3 is 1.96 bits per heavy atom. The number of ether oxygens (including phenoxy) is 3. The van der Waals surface area contributed by atoms with Crippen LogP contribution in [0.5, 0.6) is 0 Å². The highest BCUT2D eigenvalue weighted by atomic mass is 16.6. The molecule has 0 aliphatic rings. The van der Waals surface area contributed by atoms with Gasteiger partial charge in [-0.1, -0.05) is 39.3 Å². The number of hydrogen-bond acceptors (Lipinski definition) is 6. The minimum absolute atomic E-state index is 0.00726. The first-order valence-electron chi connectivity index (χ1n) is 8.36. The number of carbonyl (C=O) groups excluding carboxylic acids is 2. The highest BCUT2D eigenvalue weighted by Crippen LogP contribution is 2.02. The van der Waals surface area contributed by atoms with Crippen LogP contribution >= 0.6 is 0 Å². The molecule has 0 aromatic heterocycles. The molecule has 0 aromatic rings. The second kappa shape index (κ2) is 13.7. The Morgan fingerprint density at radius 2 is 1.50 bits per heavy atom. The summed E-state index contributed by atoms with van der Waals surface area (Å²) in [5.74, 6) is -0.996. The first-order chi connectivity index (χ1) is 11.4. The summed E-state index contributed by atoms with van der Waals surface area (Å²) >= 11 is 0. The molecule has 138 valence electrons. The quantitative estimate of drug-likeness (QED) is 0.227. The van der Waals surface area contributed by atoms with Gasteiger partial charge in [-0.2, -0.15) is 0 Å². The van der Waals surface area contributed by atoms with Gasteiger partial charge in [0, 0.05) is 11.1 Å². The number of hydrogen-bond donors (Lipinski definition) is 1. The lowest BCUT2D eigenvalue weighted by Gasteiger charge is -2.18. The van der Waals surface area contributed by atoms with Gasteiger partial charge in [0.1, 0.15) is 19.3 Å². The summed E-state index contributed by atoms with van der Waals surface area (Å²) in [5.41, 5.74) is 0.614. The summed E-state index contributed by atoms with van der Waals surface area (Å²) in [5, 5.41) is 3.16. The van der Waals surface area contributed by atoms with Gasteiger partial charge in [-0.15, -0.1) is 0 Å². The maximum absolute atomic E-state index is 11.5. The highest BCUT2D eigenvalue weighted by Gasteiger charge is 2.16. The molecule has 0 spiro atoms. The topological polar surface area (TPSA) is 73.9 Å². The number of rotatable bonds is 14. The van der Waals surface area contributed by atoms with Crippen molar-refractivity contribution in [2.24, 2.45) is 0 Å². The van der Waals surface area contributed by atoms with Gasteiger partial charge in [-0.3, -0.25) is 5.32 Å². The molecule has 1 N–H and O–H groups in total. The lowest BCUT2D eigenvalue weighted by molar-refractivity contribution is -0.150. The zero-order valence-corrected chi connectivity index (χ0v) is 15.2. The standard InChI is InChI=1S/C18H31NO5/c1-6-7-8-9-10-19-13-24-16(11-22-17(20)14(2)3)12-23-18(21)15(4)5/h16,19H,2,4,6-13H2,1,3,5H3. The van der Waals surface area contributed by atoms with Crippen molar-refractivity contribution in [3.63, 3.8) is 0 Å². The van der Waals surface area contributed by atoms with Gasteiger partial charge in [-0.05, 0) is 26.8 Å². The summed E-state index contributed by atoms with van der Waals surface area (Å²) < 4.78 is 15.7. The van der Waals surface area contributed by atoms with Crippen molar-refractivity contribution in [3.8, 4) is 0 Å². The lowest BCUT2D eigenvalue weighted by Crippen LogP contribution is -2.32. The average Bonchev–Trinajstić information content (AvgIpc) is 2.54. The van der Waals surface area contributed by atoms with Gasteiger partial charge < -0.3 is 14.2 Å². The molecular formula is C18H31NO5. The second-order valence-electron chi connectivity index (χ2n) is 5.75. The molecule has 0 aliphatic carbocycles. The van der Waals surface area contributed by atoms with Crippen molar-refractivity contribution in [1.29, 1.82) is 0 Å². The fourth-order valence-electron chi connectivity index (χ4n) is 1.65. The van der Waals surface area contributed by atoms with Crippen LogP contribution in [0.15, 0.2) is 24.3 Å². The highest BCUT2D eigenvalue weighted by molar-refractivity contribution is 5.87. The van der Waals surface area contributed by atoms with E-state index in [0.717, 1.165) is 13.0 Å². The van der Waals surface area contributed by atoms with Crippen LogP contribution in [0.4, 0.5) is 0 Å². The predicted octanol–water partition coefficient (Wildman–Crippen LogP) is 2.74. The molecule has 0 radical (unpaired) electrons. The largest absolute Gasteiger partial charge is 0.459 e. The maximum atomic E-state index is 11.5. The van der Waals surface area contributed by atoms with Gasteiger partial charge in [0.25, 0.3) is 0 Å². The first kappa shape index (κ1) is 22.3. The second-order valence-corrected chi connectivity index (χ2v) is 5.75. The van der Waals surface area contributed by atoms with Crippen LogP contribution in [-0.2, 0) is 23.8 Å². The van der Waals surface area contributed by atoms with Crippen molar-refractivity contribution < 1.29 is 23.8 Å². The summed E-state index contributed by atoms with van der Waals surface area (Å²) in [6, 6.07) is 0. The van der Waals surface area contributed by atoms with Crippen molar-refractivity contribution in [2.75, 3.05) is 26.5 Å². The fourth-order valence-corrected chi connectivity index (χ4v) is 1.65. The zero-order chi connectivity index (χ0) is 18.4. The molecule has 0 heterocycles. The van der Waals surface area contributed by atoms with Crippen molar-refractivity contribution in [2.45, 2.75) is 52.6 Å². The molecule has 0 saturated heterocycles. The molecule has 0 bridgehead atoms. The monoisotopic (exact) mass is 341 g/mol. The third-order valence-corrected chi connectivity index (χ3v) is 3.13. The van der Waals surface area contributed by atoms with Crippen LogP contribution in [-0.4, -0.2) is 44.5 Å². The summed E-state index contributed by atoms with van der Waals surface area (Å²) in [6.45, 7) is 13.5. The van der Waals surface area contributed by atoms with Crippen LogP contribution in [0.3, 0.4) is 0 Å². The van der Waals surface area contributed by atoms with Gasteiger partial charge >= 0.3 is 11.9 Å². The van der Waals surface area contributed by atoms with Crippen LogP contribution in [0.1, 0.15) is 46.5 Å². The van der Waals surface area contributed by atoms with E-state index in [9.17, 15) is 9.59 Å². The van der Waals surface area contributed by atoms with Gasteiger partial charge in [-0.25, -0.2) is 9.59 Å². The first-order valence-corrected chi connectivity index (χ1v) is 8.36. The van der Waals surface area contributed by atoms with E-state index in [2.05, 4.69) is 25.4 Å². The van der Waals surface area contributed by atoms with E-state index in [1.165, 1.54) is 19.3 Å². The van der Waals surface area contributed by atoms with Gasteiger partial charge in [0.15, 0.2) is 0 Å². The zero-order valence-electron chi connectivity index (χ0n) is 15.2. The van der Waals surface area contributed by atoms with E-state index in [1.807, 2.05) is 0 Å². The Kier molecular flexibility index (Phi) is 12.8. The van der Waals surface area contributed by atoms with Crippen molar-refractivity contribution in [1.82, 2.24) is 5.32 Å². The molecule has 0 rings (SSSR count). The Bertz CT molecular complexity index is 390. The SMILES string of the molecule is C=C(C)C(=O)OCC(COC(=O)C(=C)C)OCNCCCCCC. The molecule has 24 heavy (non-hydrogen) atoms. The Morgan fingerprint density at radius 1 is 0.958 bits per heavy atom. The van der Waals surface area contributed by atoms with E-state index in [1.54, 1.807) is 13.8 Å². The Balaban J connectivity index is 4.16. The number of unbranched alkanes of at least 4 members (excludes halogenated alkanes) is 3. The molecule has 0 saturated carbocycles. The third kappa shape index (κ3) is 11.8. The van der Waals surface area contributed by atoms with E-state index in [4.69, 9.17) is 14.2 Å². The smallest absolute Gasteiger partial charge is 0.333 e. The van der Waals surface area contributed by atoms with E-state index in [-0.39, 0.29) is 13.2 Å². The molecule has 0 aromatic carbocycles. The molecule has 0 aliphatic heterocycles. The third-order valence-electron chi connectivity index (χ3n) is 3.13. The van der Waals surface area contributed by atoms with Crippen molar-refractivity contribution in [3.05, 3.63) is 24.3 Å². The number of carbonyl (C=O) groups is 2. The van der Waals surface area contributed by atoms with Crippen molar-refractivity contribution >= 4 is 11.9 Å². The molecule has 0 fully saturated rings. The van der Waals surface area contributed by atoms with E-state index < -0.39 is 18.0 Å². The Hall–Kier alpha value is -1.66. The lowest BCUT2D eigenvalue weighted by atomic mass is 10.2. The summed E-state index contributed by atoms with van der Waals surface area (Å²) in [6.07, 6.45) is 4.13. The number of esters is 2. The minimum atomic E-state index is -0.542. The minimum Gasteiger partial charge on any atom is -0.459 e. The van der Waals surface area contributed by atoms with E-state index in [0.29, 0.717) is 17.9 Å². The normalized spacial score (nSPS) is 10.5. The predicted molar refractivity (Wildman–Crippen MR) is 93.4 cm³/mol. The number of nitrogens with one attached hydrogen (secondary N) is 1. The molecular weight excluding hydrogens is 310 g/mol. The van der Waals surface area contributed by atoms with Crippen LogP contribution < -0.4 is 5.32 Å². The Labute approximate surface area is 145 Å². The van der Waals surface area contributed by atoms with Gasteiger partial charge in [0.2, 0.25) is 0 Å². The molecule has 6 heteroatoms. The average molecular weight is 341 g/mol. The summed E-state index contributed by atoms with van der Waals surface area (Å²) in [7, 11) is 0. The molecule has 0 amide bonds. The van der Waals surface area contributed by atoms with Gasteiger partial charge in [0.05, 0.1) is 6.73 Å². The maximum Gasteiger partial charge on any atom is 0.333 e. The summed E-state index contributed by atoms with van der Waals surface area (Å²) in [4.78, 5) is 22.9. The van der Waals surface area contributed by atoms with E-state index >= 15 is 0 Å². The van der Waals surface area contributed by atoms with Crippen LogP contribution in [0.2, 0.25) is 0 Å². The van der Waals surface area contributed by atoms with Crippen LogP contribution in [0.25, 0.3) is 0 Å². The molecule has 0 atom stereocenters. The van der Waals surface area contributed by atoms with Crippen LogP contribution in [0, 0.1) is 0 Å². The molecule has 0 unspecified atom stereocenters. The molecule has 6 nitrogen and oxygen atoms in total.